The van der Waals surface area contributed by atoms with Crippen LogP contribution in [0.25, 0.3) is 34.3 Å². The first-order valence-electron chi connectivity index (χ1n) is 14.4. The summed E-state index contributed by atoms with van der Waals surface area (Å²) in [5.74, 6) is 0.504. The SMILES string of the molecule is O=C(CSc1nc(-c2ccccc2)c(-c2ccccc2)n1-c1ccccc1)N1CCN(CC=Cc2ccccc2)CC1. The second kappa shape index (κ2) is 13.5. The molecule has 0 N–H and O–H groups in total. The number of rotatable bonds is 9. The normalized spacial score (nSPS) is 14.0. The van der Waals surface area contributed by atoms with Crippen LogP contribution in [0.5, 0.6) is 0 Å². The smallest absolute Gasteiger partial charge is 0.233 e. The van der Waals surface area contributed by atoms with E-state index in [0.717, 1.165) is 66.1 Å². The fourth-order valence-electron chi connectivity index (χ4n) is 5.27. The van der Waals surface area contributed by atoms with Crippen LogP contribution in [0.1, 0.15) is 5.56 Å². The lowest BCUT2D eigenvalue weighted by Gasteiger charge is -2.34. The molecule has 5 nitrogen and oxygen atoms in total. The molecule has 0 bridgehead atoms. The zero-order chi connectivity index (χ0) is 28.6. The van der Waals surface area contributed by atoms with Gasteiger partial charge in [-0.3, -0.25) is 14.3 Å². The fraction of sp³-hybridized carbons (Fsp3) is 0.167. The van der Waals surface area contributed by atoms with Gasteiger partial charge < -0.3 is 4.90 Å². The predicted octanol–water partition coefficient (Wildman–Crippen LogP) is 7.16. The fourth-order valence-corrected chi connectivity index (χ4v) is 6.19. The van der Waals surface area contributed by atoms with Crippen molar-refractivity contribution in [3.8, 4) is 28.2 Å². The number of para-hydroxylation sites is 1. The molecule has 1 aromatic heterocycles. The van der Waals surface area contributed by atoms with E-state index in [2.05, 4.69) is 94.4 Å². The minimum absolute atomic E-state index is 0.157. The molecule has 0 unspecified atom stereocenters. The van der Waals surface area contributed by atoms with Gasteiger partial charge in [0.1, 0.15) is 0 Å². The topological polar surface area (TPSA) is 41.4 Å². The number of hydrogen-bond donors (Lipinski definition) is 0. The highest BCUT2D eigenvalue weighted by atomic mass is 32.2. The van der Waals surface area contributed by atoms with Gasteiger partial charge in [-0.15, -0.1) is 0 Å². The monoisotopic (exact) mass is 570 g/mol. The Kier molecular flexibility index (Phi) is 8.93. The van der Waals surface area contributed by atoms with Gasteiger partial charge in [-0.05, 0) is 17.7 Å². The number of carbonyl (C=O) groups is 1. The molecule has 0 saturated carbocycles. The van der Waals surface area contributed by atoms with Crippen molar-refractivity contribution < 1.29 is 4.79 Å². The summed E-state index contributed by atoms with van der Waals surface area (Å²) >= 11 is 1.52. The van der Waals surface area contributed by atoms with Crippen LogP contribution in [0.2, 0.25) is 0 Å². The molecular formula is C36H34N4OS. The van der Waals surface area contributed by atoms with Gasteiger partial charge in [-0.25, -0.2) is 4.98 Å². The molecule has 1 fully saturated rings. The number of piperazine rings is 1. The maximum Gasteiger partial charge on any atom is 0.233 e. The number of amides is 1. The Morgan fingerprint density at radius 2 is 1.29 bits per heavy atom. The average Bonchev–Trinajstić information content (AvgIpc) is 3.45. The number of benzene rings is 4. The number of aromatic nitrogens is 2. The highest BCUT2D eigenvalue weighted by Gasteiger charge is 2.24. The van der Waals surface area contributed by atoms with Crippen LogP contribution < -0.4 is 0 Å². The van der Waals surface area contributed by atoms with Crippen molar-refractivity contribution in [1.29, 1.82) is 0 Å². The number of thioether (sulfide) groups is 1. The van der Waals surface area contributed by atoms with Crippen molar-refractivity contribution in [2.24, 2.45) is 0 Å². The summed E-state index contributed by atoms with van der Waals surface area (Å²) in [4.78, 5) is 22.9. The predicted molar refractivity (Wildman–Crippen MR) is 174 cm³/mol. The van der Waals surface area contributed by atoms with E-state index in [1.54, 1.807) is 0 Å². The Balaban J connectivity index is 1.19. The summed E-state index contributed by atoms with van der Waals surface area (Å²) in [6.07, 6.45) is 4.37. The summed E-state index contributed by atoms with van der Waals surface area (Å²) in [7, 11) is 0. The summed E-state index contributed by atoms with van der Waals surface area (Å²) < 4.78 is 2.20. The summed E-state index contributed by atoms with van der Waals surface area (Å²) in [5.41, 5.74) is 6.32. The van der Waals surface area contributed by atoms with Gasteiger partial charge in [0.2, 0.25) is 5.91 Å². The molecule has 1 amide bonds. The molecule has 0 spiro atoms. The molecule has 1 aliphatic heterocycles. The molecular weight excluding hydrogens is 536 g/mol. The van der Waals surface area contributed by atoms with Crippen molar-refractivity contribution in [1.82, 2.24) is 19.4 Å². The molecule has 6 rings (SSSR count). The van der Waals surface area contributed by atoms with Gasteiger partial charge in [-0.1, -0.05) is 133 Å². The van der Waals surface area contributed by atoms with E-state index in [9.17, 15) is 4.79 Å². The third-order valence-electron chi connectivity index (χ3n) is 7.48. The van der Waals surface area contributed by atoms with Crippen LogP contribution in [0.4, 0.5) is 0 Å². The molecule has 0 radical (unpaired) electrons. The number of carbonyl (C=O) groups excluding carboxylic acids is 1. The molecule has 1 aliphatic rings. The molecule has 6 heteroatoms. The average molecular weight is 571 g/mol. The van der Waals surface area contributed by atoms with Crippen LogP contribution in [0.15, 0.2) is 133 Å². The highest BCUT2D eigenvalue weighted by molar-refractivity contribution is 7.99. The van der Waals surface area contributed by atoms with E-state index in [1.165, 1.54) is 17.3 Å². The summed E-state index contributed by atoms with van der Waals surface area (Å²) in [6, 6.07) is 41.3. The van der Waals surface area contributed by atoms with Gasteiger partial charge in [0, 0.05) is 49.5 Å². The van der Waals surface area contributed by atoms with Crippen LogP contribution in [0, 0.1) is 0 Å². The number of nitrogens with zero attached hydrogens (tertiary/aromatic N) is 4. The highest BCUT2D eigenvalue weighted by Crippen LogP contribution is 2.38. The van der Waals surface area contributed by atoms with E-state index in [1.807, 2.05) is 53.4 Å². The molecule has 2 heterocycles. The van der Waals surface area contributed by atoms with E-state index >= 15 is 0 Å². The van der Waals surface area contributed by atoms with Crippen LogP contribution >= 0.6 is 11.8 Å². The van der Waals surface area contributed by atoms with E-state index < -0.39 is 0 Å². The molecule has 0 aliphatic carbocycles. The lowest BCUT2D eigenvalue weighted by atomic mass is 10.0. The molecule has 4 aromatic carbocycles. The summed E-state index contributed by atoms with van der Waals surface area (Å²) in [5, 5.41) is 0.817. The lowest BCUT2D eigenvalue weighted by molar-refractivity contribution is -0.130. The Morgan fingerprint density at radius 1 is 0.714 bits per heavy atom. The Hall–Kier alpha value is -4.39. The number of hydrogen-bond acceptors (Lipinski definition) is 4. The molecule has 210 valence electrons. The van der Waals surface area contributed by atoms with Crippen LogP contribution in [-0.4, -0.2) is 63.7 Å². The Morgan fingerprint density at radius 3 is 1.93 bits per heavy atom. The maximum absolute atomic E-state index is 13.4. The van der Waals surface area contributed by atoms with Crippen molar-refractivity contribution in [3.05, 3.63) is 133 Å². The maximum atomic E-state index is 13.4. The second-order valence-electron chi connectivity index (χ2n) is 10.3. The van der Waals surface area contributed by atoms with Gasteiger partial charge >= 0.3 is 0 Å². The van der Waals surface area contributed by atoms with Gasteiger partial charge in [0.25, 0.3) is 0 Å². The second-order valence-corrected chi connectivity index (χ2v) is 11.2. The molecule has 42 heavy (non-hydrogen) atoms. The van der Waals surface area contributed by atoms with Crippen LogP contribution in [-0.2, 0) is 4.79 Å². The lowest BCUT2D eigenvalue weighted by Crippen LogP contribution is -2.49. The molecule has 5 aromatic rings. The van der Waals surface area contributed by atoms with Gasteiger partial charge in [-0.2, -0.15) is 0 Å². The first-order valence-corrected chi connectivity index (χ1v) is 15.4. The van der Waals surface area contributed by atoms with E-state index in [4.69, 9.17) is 4.98 Å². The summed E-state index contributed by atoms with van der Waals surface area (Å²) in [6.45, 7) is 4.14. The third-order valence-corrected chi connectivity index (χ3v) is 8.40. The number of imidazole rings is 1. The third kappa shape index (κ3) is 6.56. The quantitative estimate of drug-likeness (QED) is 0.176. The van der Waals surface area contributed by atoms with E-state index in [0.29, 0.717) is 5.75 Å². The Labute approximate surface area is 252 Å². The zero-order valence-corrected chi connectivity index (χ0v) is 24.4. The standard InChI is InChI=1S/C36H34N4OS/c41-33(39-26-24-38(25-27-39)23-13-16-29-14-5-1-6-15-29)28-42-36-37-34(30-17-7-2-8-18-30)35(31-19-9-3-10-20-31)40(36)32-21-11-4-12-22-32/h1-22H,23-28H2. The van der Waals surface area contributed by atoms with Crippen molar-refractivity contribution >= 4 is 23.7 Å². The van der Waals surface area contributed by atoms with Crippen molar-refractivity contribution in [2.45, 2.75) is 5.16 Å². The zero-order valence-electron chi connectivity index (χ0n) is 23.5. The molecule has 1 saturated heterocycles. The van der Waals surface area contributed by atoms with Crippen molar-refractivity contribution in [2.75, 3.05) is 38.5 Å². The Bertz CT molecular complexity index is 1610. The minimum Gasteiger partial charge on any atom is -0.339 e. The van der Waals surface area contributed by atoms with Crippen LogP contribution in [0.3, 0.4) is 0 Å². The first kappa shape index (κ1) is 27.8. The first-order chi connectivity index (χ1) is 20.8. The minimum atomic E-state index is 0.157. The van der Waals surface area contributed by atoms with Crippen molar-refractivity contribution in [3.63, 3.8) is 0 Å². The van der Waals surface area contributed by atoms with Gasteiger partial charge in [0.05, 0.1) is 17.1 Å². The largest absolute Gasteiger partial charge is 0.339 e. The molecule has 0 atom stereocenters. The van der Waals surface area contributed by atoms with Gasteiger partial charge in [0.15, 0.2) is 5.16 Å². The van der Waals surface area contributed by atoms with E-state index in [-0.39, 0.29) is 5.91 Å².